The second kappa shape index (κ2) is 4.46. The van der Waals surface area contributed by atoms with Gasteiger partial charge in [-0.05, 0) is 0 Å². The van der Waals surface area contributed by atoms with Crippen LogP contribution in [0.2, 0.25) is 0 Å². The van der Waals surface area contributed by atoms with Crippen molar-refractivity contribution < 1.29 is 4.79 Å². The number of rotatable bonds is 2. The molecular weight excluding hydrogens is 120 g/mol. The van der Waals surface area contributed by atoms with Crippen molar-refractivity contribution in [1.29, 1.82) is 5.26 Å². The van der Waals surface area contributed by atoms with Gasteiger partial charge in [0.2, 0.25) is 0 Å². The lowest BCUT2D eigenvalue weighted by atomic mass is 10.7. The topological polar surface area (TPSA) is 90.9 Å². The molecule has 0 aromatic carbocycles. The molecule has 0 aliphatic heterocycles. The van der Waals surface area contributed by atoms with Crippen molar-refractivity contribution >= 4 is 6.03 Å². The van der Waals surface area contributed by atoms with Crippen LogP contribution in [-0.4, -0.2) is 6.03 Å². The normalized spacial score (nSPS) is 8.33. The summed E-state index contributed by atoms with van der Waals surface area (Å²) in [4.78, 5) is 9.89. The molecular formula is C4H6N4O. The van der Waals surface area contributed by atoms with E-state index in [9.17, 15) is 4.79 Å². The van der Waals surface area contributed by atoms with Gasteiger partial charge < -0.3 is 11.2 Å². The fraction of sp³-hybridized carbons (Fsp3) is 0. The summed E-state index contributed by atoms with van der Waals surface area (Å²) in [7, 11) is 0. The Balaban J connectivity index is 3.22. The van der Waals surface area contributed by atoms with Gasteiger partial charge in [-0.2, -0.15) is 5.26 Å². The molecule has 0 saturated heterocycles. The van der Waals surface area contributed by atoms with E-state index in [0.29, 0.717) is 0 Å². The maximum Gasteiger partial charge on any atom is 0.330 e. The molecule has 9 heavy (non-hydrogen) atoms. The summed E-state index contributed by atoms with van der Waals surface area (Å²) < 4.78 is 0. The molecule has 0 aliphatic rings. The van der Waals surface area contributed by atoms with Crippen molar-refractivity contribution in [3.63, 3.8) is 0 Å². The first-order valence-electron chi connectivity index (χ1n) is 2.13. The van der Waals surface area contributed by atoms with Gasteiger partial charge in [-0.3, -0.25) is 5.43 Å². The van der Waals surface area contributed by atoms with Gasteiger partial charge >= 0.3 is 6.03 Å². The van der Waals surface area contributed by atoms with Crippen molar-refractivity contribution in [3.05, 3.63) is 12.3 Å². The molecule has 4 N–H and O–H groups in total. The summed E-state index contributed by atoms with van der Waals surface area (Å²) in [6, 6.07) is 1.01. The van der Waals surface area contributed by atoms with Crippen molar-refractivity contribution in [2.75, 3.05) is 0 Å². The molecule has 5 nitrogen and oxygen atoms in total. The molecule has 5 heteroatoms. The number of primary amides is 1. The van der Waals surface area contributed by atoms with Crippen LogP contribution in [0.5, 0.6) is 0 Å². The zero-order valence-electron chi connectivity index (χ0n) is 4.59. The summed E-state index contributed by atoms with van der Waals surface area (Å²) in [5.41, 5.74) is 8.93. The molecule has 0 spiro atoms. The third kappa shape index (κ3) is 6.30. The molecule has 0 fully saturated rings. The molecule has 2 amide bonds. The first-order valence-corrected chi connectivity index (χ1v) is 2.13. The minimum Gasteiger partial charge on any atom is -0.350 e. The van der Waals surface area contributed by atoms with E-state index in [1.54, 1.807) is 6.07 Å². The first-order chi connectivity index (χ1) is 4.27. The maximum absolute atomic E-state index is 9.89. The lowest BCUT2D eigenvalue weighted by molar-refractivity contribution is 0.246. The Morgan fingerprint density at radius 3 is 2.89 bits per heavy atom. The molecule has 0 unspecified atom stereocenters. The average molecular weight is 126 g/mol. The fourth-order valence-corrected chi connectivity index (χ4v) is 0.192. The Morgan fingerprint density at radius 1 is 1.78 bits per heavy atom. The minimum atomic E-state index is -0.697. The number of nitrogens with two attached hydrogens (primary N) is 1. The molecule has 0 heterocycles. The predicted molar refractivity (Wildman–Crippen MR) is 30.6 cm³/mol. The largest absolute Gasteiger partial charge is 0.350 e. The van der Waals surface area contributed by atoms with E-state index in [1.807, 2.05) is 5.43 Å². The van der Waals surface area contributed by atoms with Crippen LogP contribution in [0.4, 0.5) is 4.79 Å². The number of allylic oxidation sites excluding steroid dienone is 1. The molecule has 0 saturated carbocycles. The lowest BCUT2D eigenvalue weighted by Crippen LogP contribution is -2.37. The van der Waals surface area contributed by atoms with Crippen molar-refractivity contribution in [3.8, 4) is 6.07 Å². The fourth-order valence-electron chi connectivity index (χ4n) is 0.192. The number of hydrazine groups is 1. The van der Waals surface area contributed by atoms with Crippen molar-refractivity contribution in [1.82, 2.24) is 10.9 Å². The lowest BCUT2D eigenvalue weighted by Gasteiger charge is -1.95. The Labute approximate surface area is 52.1 Å². The highest BCUT2D eigenvalue weighted by molar-refractivity contribution is 5.71. The van der Waals surface area contributed by atoms with Crippen LogP contribution < -0.4 is 16.6 Å². The Hall–Kier alpha value is -1.70. The predicted octanol–water partition coefficient (Wildman–Crippen LogP) is -0.803. The smallest absolute Gasteiger partial charge is 0.330 e. The van der Waals surface area contributed by atoms with E-state index in [-0.39, 0.29) is 0 Å². The molecule has 0 atom stereocenters. The maximum atomic E-state index is 9.89. The van der Waals surface area contributed by atoms with Crippen LogP contribution in [0.15, 0.2) is 12.3 Å². The van der Waals surface area contributed by atoms with Gasteiger partial charge in [0, 0.05) is 12.3 Å². The summed E-state index contributed by atoms with van der Waals surface area (Å²) in [6.45, 7) is 0. The van der Waals surface area contributed by atoms with Crippen LogP contribution >= 0.6 is 0 Å². The number of hydrogen-bond acceptors (Lipinski definition) is 3. The van der Waals surface area contributed by atoms with Crippen LogP contribution in [0.25, 0.3) is 0 Å². The Kier molecular flexibility index (Phi) is 3.62. The van der Waals surface area contributed by atoms with Gasteiger partial charge in [-0.1, -0.05) is 0 Å². The van der Waals surface area contributed by atoms with Gasteiger partial charge in [-0.25, -0.2) is 4.79 Å². The van der Waals surface area contributed by atoms with Gasteiger partial charge in [0.25, 0.3) is 0 Å². The van der Waals surface area contributed by atoms with Crippen LogP contribution in [-0.2, 0) is 0 Å². The zero-order chi connectivity index (χ0) is 7.11. The average Bonchev–Trinajstić information content (AvgIpc) is 1.80. The van der Waals surface area contributed by atoms with E-state index < -0.39 is 6.03 Å². The van der Waals surface area contributed by atoms with Gasteiger partial charge in [0.1, 0.15) is 0 Å². The molecule has 0 bridgehead atoms. The van der Waals surface area contributed by atoms with Crippen molar-refractivity contribution in [2.45, 2.75) is 0 Å². The molecule has 0 aliphatic carbocycles. The molecule has 48 valence electrons. The quantitative estimate of drug-likeness (QED) is 0.334. The van der Waals surface area contributed by atoms with Crippen LogP contribution in [0.3, 0.4) is 0 Å². The highest BCUT2D eigenvalue weighted by atomic mass is 16.2. The van der Waals surface area contributed by atoms with E-state index in [1.165, 1.54) is 6.20 Å². The van der Waals surface area contributed by atoms with Gasteiger partial charge in [-0.15, -0.1) is 0 Å². The van der Waals surface area contributed by atoms with Gasteiger partial charge in [0.15, 0.2) is 0 Å². The number of nitrogens with zero attached hydrogens (tertiary/aromatic N) is 1. The highest BCUT2D eigenvalue weighted by Gasteiger charge is 1.80. The number of carbonyl (C=O) groups excluding carboxylic acids is 1. The number of hydrogen-bond donors (Lipinski definition) is 3. The standard InChI is InChI=1S/C4H6N4O/c5-2-1-3-7-8-4(6)9/h1,3,7H,(H3,6,8,9). The summed E-state index contributed by atoms with van der Waals surface area (Å²) in [6.07, 6.45) is 2.42. The highest BCUT2D eigenvalue weighted by Crippen LogP contribution is 1.57. The first kappa shape index (κ1) is 7.30. The molecule has 0 rings (SSSR count). The summed E-state index contributed by atoms with van der Waals surface area (Å²) in [5.74, 6) is 0. The second-order valence-electron chi connectivity index (χ2n) is 1.10. The molecule has 0 aromatic heterocycles. The van der Waals surface area contributed by atoms with E-state index >= 15 is 0 Å². The molecule has 0 aromatic rings. The van der Waals surface area contributed by atoms with Crippen molar-refractivity contribution in [2.24, 2.45) is 5.73 Å². The number of carbonyl (C=O) groups is 1. The Bertz CT molecular complexity index is 156. The van der Waals surface area contributed by atoms with Gasteiger partial charge in [0.05, 0.1) is 6.07 Å². The third-order valence-electron chi connectivity index (χ3n) is 0.437. The second-order valence-corrected chi connectivity index (χ2v) is 1.10. The number of urea groups is 1. The monoisotopic (exact) mass is 126 g/mol. The number of nitriles is 1. The van der Waals surface area contributed by atoms with Crippen LogP contribution in [0, 0.1) is 11.3 Å². The minimum absolute atomic E-state index is 0.697. The SMILES string of the molecule is N#CC=CNNC(N)=O. The summed E-state index contributed by atoms with van der Waals surface area (Å²) in [5, 5.41) is 7.91. The van der Waals surface area contributed by atoms with E-state index in [4.69, 9.17) is 5.26 Å². The zero-order valence-corrected chi connectivity index (χ0v) is 4.59. The van der Waals surface area contributed by atoms with E-state index in [0.717, 1.165) is 6.08 Å². The number of nitrogens with one attached hydrogen (secondary N) is 2. The summed E-state index contributed by atoms with van der Waals surface area (Å²) >= 11 is 0. The van der Waals surface area contributed by atoms with E-state index in [2.05, 4.69) is 11.2 Å². The molecule has 0 radical (unpaired) electrons. The Morgan fingerprint density at radius 2 is 2.44 bits per heavy atom. The van der Waals surface area contributed by atoms with Crippen LogP contribution in [0.1, 0.15) is 0 Å². The number of amides is 2. The third-order valence-corrected chi connectivity index (χ3v) is 0.437.